The Labute approximate surface area is 110 Å². The van der Waals surface area contributed by atoms with Crippen LogP contribution in [0.5, 0.6) is 0 Å². The van der Waals surface area contributed by atoms with E-state index in [1.54, 1.807) is 0 Å². The maximum atomic E-state index is 5.83. The average molecular weight is 248 g/mol. The minimum absolute atomic E-state index is 0.0629. The molecular weight excluding hydrogens is 224 g/mol. The molecule has 0 aliphatic carbocycles. The van der Waals surface area contributed by atoms with Gasteiger partial charge in [-0.15, -0.1) is 0 Å². The highest BCUT2D eigenvalue weighted by atomic mass is 15.3. The summed E-state index contributed by atoms with van der Waals surface area (Å²) in [6.45, 7) is 9.87. The molecule has 1 aromatic rings. The lowest BCUT2D eigenvalue weighted by Crippen LogP contribution is -2.46. The Morgan fingerprint density at radius 1 is 1.28 bits per heavy atom. The molecule has 1 fully saturated rings. The van der Waals surface area contributed by atoms with Crippen molar-refractivity contribution in [3.05, 3.63) is 23.9 Å². The highest BCUT2D eigenvalue weighted by molar-refractivity contribution is 5.40. The van der Waals surface area contributed by atoms with Gasteiger partial charge in [-0.2, -0.15) is 0 Å². The second-order valence-corrected chi connectivity index (χ2v) is 5.07. The summed E-state index contributed by atoms with van der Waals surface area (Å²) in [5, 5.41) is 0. The second-order valence-electron chi connectivity index (χ2n) is 5.07. The van der Waals surface area contributed by atoms with E-state index in [1.165, 1.54) is 13.0 Å². The molecule has 2 heterocycles. The molecule has 2 N–H and O–H groups in total. The van der Waals surface area contributed by atoms with Gasteiger partial charge in [0.05, 0.1) is 0 Å². The van der Waals surface area contributed by atoms with Crippen molar-refractivity contribution in [1.82, 2.24) is 9.88 Å². The van der Waals surface area contributed by atoms with Gasteiger partial charge in [0.15, 0.2) is 0 Å². The van der Waals surface area contributed by atoms with Gasteiger partial charge in [0, 0.05) is 38.4 Å². The van der Waals surface area contributed by atoms with Crippen molar-refractivity contribution in [3.8, 4) is 0 Å². The van der Waals surface area contributed by atoms with Crippen molar-refractivity contribution in [2.45, 2.75) is 26.3 Å². The molecule has 1 aliphatic heterocycles. The van der Waals surface area contributed by atoms with E-state index >= 15 is 0 Å². The second kappa shape index (κ2) is 6.16. The number of piperazine rings is 1. The maximum absolute atomic E-state index is 5.83. The van der Waals surface area contributed by atoms with Crippen LogP contribution in [-0.2, 0) is 0 Å². The summed E-state index contributed by atoms with van der Waals surface area (Å²) in [7, 11) is 0. The van der Waals surface area contributed by atoms with Crippen molar-refractivity contribution in [3.63, 3.8) is 0 Å². The number of rotatable bonds is 4. The minimum atomic E-state index is 0.0629. The van der Waals surface area contributed by atoms with Gasteiger partial charge in [0.2, 0.25) is 0 Å². The Kier molecular flexibility index (Phi) is 4.55. The molecule has 0 spiro atoms. The van der Waals surface area contributed by atoms with Gasteiger partial charge < -0.3 is 10.6 Å². The zero-order valence-corrected chi connectivity index (χ0v) is 11.5. The number of aromatic nitrogens is 1. The van der Waals surface area contributed by atoms with Gasteiger partial charge in [0.25, 0.3) is 0 Å². The molecule has 0 saturated carbocycles. The lowest BCUT2D eigenvalue weighted by Gasteiger charge is -2.35. The van der Waals surface area contributed by atoms with E-state index in [2.05, 4.69) is 33.8 Å². The zero-order chi connectivity index (χ0) is 13.0. The van der Waals surface area contributed by atoms with Crippen molar-refractivity contribution in [1.29, 1.82) is 0 Å². The third kappa shape index (κ3) is 3.21. The third-order valence-electron chi connectivity index (χ3n) is 3.53. The van der Waals surface area contributed by atoms with E-state index < -0.39 is 0 Å². The molecule has 4 nitrogen and oxygen atoms in total. The molecule has 1 saturated heterocycles. The van der Waals surface area contributed by atoms with Crippen LogP contribution >= 0.6 is 0 Å². The predicted molar refractivity (Wildman–Crippen MR) is 75.8 cm³/mol. The van der Waals surface area contributed by atoms with Crippen molar-refractivity contribution in [2.24, 2.45) is 5.73 Å². The number of hydrogen-bond donors (Lipinski definition) is 1. The van der Waals surface area contributed by atoms with E-state index in [0.717, 1.165) is 37.6 Å². The van der Waals surface area contributed by atoms with Gasteiger partial charge in [-0.3, -0.25) is 4.90 Å². The third-order valence-corrected chi connectivity index (χ3v) is 3.53. The first-order valence-electron chi connectivity index (χ1n) is 6.89. The lowest BCUT2D eigenvalue weighted by molar-refractivity contribution is 0.258. The van der Waals surface area contributed by atoms with Crippen LogP contribution in [0.2, 0.25) is 0 Å². The Morgan fingerprint density at radius 3 is 2.50 bits per heavy atom. The fourth-order valence-corrected chi connectivity index (χ4v) is 2.37. The molecule has 100 valence electrons. The predicted octanol–water partition coefficient (Wildman–Crippen LogP) is 1.63. The summed E-state index contributed by atoms with van der Waals surface area (Å²) in [5.41, 5.74) is 6.93. The van der Waals surface area contributed by atoms with Crippen LogP contribution in [0.1, 0.15) is 31.9 Å². The molecule has 1 aliphatic rings. The molecule has 0 amide bonds. The first kappa shape index (κ1) is 13.3. The fraction of sp³-hybridized carbons (Fsp3) is 0.643. The molecule has 18 heavy (non-hydrogen) atoms. The van der Waals surface area contributed by atoms with E-state index in [9.17, 15) is 0 Å². The SMILES string of the molecule is CCCN1CCN(c2ccc([C@@H](C)N)cn2)CC1. The number of anilines is 1. The molecule has 4 heteroatoms. The Balaban J connectivity index is 1.93. The van der Waals surface area contributed by atoms with Gasteiger partial charge in [-0.1, -0.05) is 13.0 Å². The van der Waals surface area contributed by atoms with Gasteiger partial charge in [-0.05, 0) is 31.5 Å². The summed E-state index contributed by atoms with van der Waals surface area (Å²) >= 11 is 0. The molecule has 2 rings (SSSR count). The Bertz CT molecular complexity index is 353. The van der Waals surface area contributed by atoms with Crippen LogP contribution in [0.4, 0.5) is 5.82 Å². The molecule has 0 bridgehead atoms. The molecule has 0 radical (unpaired) electrons. The number of nitrogens with zero attached hydrogens (tertiary/aromatic N) is 3. The molecule has 1 aromatic heterocycles. The topological polar surface area (TPSA) is 45.4 Å². The summed E-state index contributed by atoms with van der Waals surface area (Å²) in [4.78, 5) is 9.40. The number of nitrogens with two attached hydrogens (primary N) is 1. The van der Waals surface area contributed by atoms with E-state index in [0.29, 0.717) is 0 Å². The minimum Gasteiger partial charge on any atom is -0.354 e. The van der Waals surface area contributed by atoms with Crippen molar-refractivity contribution < 1.29 is 0 Å². The largest absolute Gasteiger partial charge is 0.354 e. The number of hydrogen-bond acceptors (Lipinski definition) is 4. The molecule has 0 aromatic carbocycles. The molecule has 1 atom stereocenters. The average Bonchev–Trinajstić information content (AvgIpc) is 2.40. The van der Waals surface area contributed by atoms with E-state index in [-0.39, 0.29) is 6.04 Å². The summed E-state index contributed by atoms with van der Waals surface area (Å²) in [6.07, 6.45) is 3.14. The summed E-state index contributed by atoms with van der Waals surface area (Å²) in [6, 6.07) is 4.24. The quantitative estimate of drug-likeness (QED) is 0.880. The summed E-state index contributed by atoms with van der Waals surface area (Å²) < 4.78 is 0. The smallest absolute Gasteiger partial charge is 0.128 e. The normalized spacial score (nSPS) is 18.9. The Morgan fingerprint density at radius 2 is 2.00 bits per heavy atom. The Hall–Kier alpha value is -1.13. The van der Waals surface area contributed by atoms with Crippen LogP contribution in [0.25, 0.3) is 0 Å². The van der Waals surface area contributed by atoms with Crippen molar-refractivity contribution in [2.75, 3.05) is 37.6 Å². The number of pyridine rings is 1. The van der Waals surface area contributed by atoms with Crippen LogP contribution < -0.4 is 10.6 Å². The van der Waals surface area contributed by atoms with E-state index in [4.69, 9.17) is 5.73 Å². The van der Waals surface area contributed by atoms with Gasteiger partial charge in [0.1, 0.15) is 5.82 Å². The standard InChI is InChI=1S/C14H24N4/c1-3-6-17-7-9-18(10-8-17)14-5-4-13(11-16-14)12(2)15/h4-5,11-12H,3,6-10,15H2,1-2H3/t12-/m1/s1. The fourth-order valence-electron chi connectivity index (χ4n) is 2.37. The van der Waals surface area contributed by atoms with Gasteiger partial charge >= 0.3 is 0 Å². The first-order chi connectivity index (χ1) is 8.70. The van der Waals surface area contributed by atoms with E-state index in [1.807, 2.05) is 13.1 Å². The molecule has 0 unspecified atom stereocenters. The first-order valence-corrected chi connectivity index (χ1v) is 6.89. The lowest BCUT2D eigenvalue weighted by atomic mass is 10.1. The maximum Gasteiger partial charge on any atom is 0.128 e. The highest BCUT2D eigenvalue weighted by Crippen LogP contribution is 2.16. The van der Waals surface area contributed by atoms with Crippen molar-refractivity contribution >= 4 is 5.82 Å². The molecular formula is C14H24N4. The van der Waals surface area contributed by atoms with Crippen LogP contribution in [0, 0.1) is 0 Å². The van der Waals surface area contributed by atoms with Crippen LogP contribution in [0.15, 0.2) is 18.3 Å². The highest BCUT2D eigenvalue weighted by Gasteiger charge is 2.17. The zero-order valence-electron chi connectivity index (χ0n) is 11.5. The summed E-state index contributed by atoms with van der Waals surface area (Å²) in [5.74, 6) is 1.08. The van der Waals surface area contributed by atoms with Crippen LogP contribution in [-0.4, -0.2) is 42.6 Å². The van der Waals surface area contributed by atoms with Gasteiger partial charge in [-0.25, -0.2) is 4.98 Å². The monoisotopic (exact) mass is 248 g/mol. The van der Waals surface area contributed by atoms with Crippen LogP contribution in [0.3, 0.4) is 0 Å².